The third-order valence-electron chi connectivity index (χ3n) is 3.58. The standard InChI is InChI=1S/C16H21N3O4/c1-2-23-14-5-3-13(4-6-14)17-15(21)11-16(22)19-9-7-18(12-20)8-10-19/h3-6,12H,2,7-11H2,1H3,(H,17,21). The van der Waals surface area contributed by atoms with Crippen molar-refractivity contribution in [1.29, 1.82) is 0 Å². The number of carbonyl (C=O) groups excluding carboxylic acids is 3. The van der Waals surface area contributed by atoms with E-state index in [2.05, 4.69) is 5.32 Å². The lowest BCUT2D eigenvalue weighted by Crippen LogP contribution is -2.48. The lowest BCUT2D eigenvalue weighted by molar-refractivity contribution is -0.137. The minimum Gasteiger partial charge on any atom is -0.494 e. The van der Waals surface area contributed by atoms with Crippen LogP contribution in [0.5, 0.6) is 5.75 Å². The molecule has 7 heteroatoms. The molecule has 1 aromatic carbocycles. The molecule has 1 aliphatic rings. The normalized spacial score (nSPS) is 14.3. The number of rotatable bonds is 6. The van der Waals surface area contributed by atoms with Crippen molar-refractivity contribution in [3.63, 3.8) is 0 Å². The van der Waals surface area contributed by atoms with E-state index in [0.717, 1.165) is 12.2 Å². The largest absolute Gasteiger partial charge is 0.494 e. The zero-order chi connectivity index (χ0) is 16.7. The second-order valence-electron chi connectivity index (χ2n) is 5.20. The molecule has 7 nitrogen and oxygen atoms in total. The summed E-state index contributed by atoms with van der Waals surface area (Å²) in [5, 5.41) is 2.69. The fraction of sp³-hybridized carbons (Fsp3) is 0.438. The van der Waals surface area contributed by atoms with Crippen molar-refractivity contribution in [2.24, 2.45) is 0 Å². The summed E-state index contributed by atoms with van der Waals surface area (Å²) < 4.78 is 5.33. The number of piperazine rings is 1. The number of nitrogens with zero attached hydrogens (tertiary/aromatic N) is 2. The zero-order valence-corrected chi connectivity index (χ0v) is 13.2. The Kier molecular flexibility index (Phi) is 5.96. The van der Waals surface area contributed by atoms with Crippen LogP contribution >= 0.6 is 0 Å². The van der Waals surface area contributed by atoms with Crippen LogP contribution in [-0.2, 0) is 14.4 Å². The first kappa shape index (κ1) is 16.8. The highest BCUT2D eigenvalue weighted by molar-refractivity contribution is 6.03. The molecule has 1 fully saturated rings. The van der Waals surface area contributed by atoms with Gasteiger partial charge in [-0.1, -0.05) is 0 Å². The maximum absolute atomic E-state index is 12.1. The van der Waals surface area contributed by atoms with E-state index < -0.39 is 0 Å². The molecule has 23 heavy (non-hydrogen) atoms. The topological polar surface area (TPSA) is 79.0 Å². The molecule has 2 rings (SSSR count). The van der Waals surface area contributed by atoms with Gasteiger partial charge >= 0.3 is 0 Å². The Bertz CT molecular complexity index is 551. The van der Waals surface area contributed by atoms with Gasteiger partial charge in [0, 0.05) is 31.9 Å². The summed E-state index contributed by atoms with van der Waals surface area (Å²) in [5.74, 6) is 0.158. The molecule has 0 aromatic heterocycles. The Morgan fingerprint density at radius 1 is 1.17 bits per heavy atom. The van der Waals surface area contributed by atoms with Crippen molar-refractivity contribution >= 4 is 23.9 Å². The van der Waals surface area contributed by atoms with E-state index >= 15 is 0 Å². The van der Waals surface area contributed by atoms with Crippen molar-refractivity contribution in [2.45, 2.75) is 13.3 Å². The van der Waals surface area contributed by atoms with Crippen LogP contribution in [0.4, 0.5) is 5.69 Å². The number of ether oxygens (including phenoxy) is 1. The van der Waals surface area contributed by atoms with Crippen molar-refractivity contribution in [1.82, 2.24) is 9.80 Å². The molecular formula is C16H21N3O4. The van der Waals surface area contributed by atoms with Crippen LogP contribution in [0.1, 0.15) is 13.3 Å². The molecule has 1 aromatic rings. The summed E-state index contributed by atoms with van der Waals surface area (Å²) >= 11 is 0. The monoisotopic (exact) mass is 319 g/mol. The molecule has 0 spiro atoms. The highest BCUT2D eigenvalue weighted by atomic mass is 16.5. The molecule has 1 aliphatic heterocycles. The number of hydrogen-bond donors (Lipinski definition) is 1. The van der Waals surface area contributed by atoms with Crippen LogP contribution in [0.25, 0.3) is 0 Å². The quantitative estimate of drug-likeness (QED) is 0.619. The summed E-state index contributed by atoms with van der Waals surface area (Å²) in [6.07, 6.45) is 0.578. The first-order chi connectivity index (χ1) is 11.1. The number of hydrogen-bond acceptors (Lipinski definition) is 4. The van der Waals surface area contributed by atoms with E-state index in [1.807, 2.05) is 6.92 Å². The average Bonchev–Trinajstić information content (AvgIpc) is 2.57. The summed E-state index contributed by atoms with van der Waals surface area (Å²) in [6.45, 7) is 4.43. The minimum atomic E-state index is -0.350. The molecule has 0 unspecified atom stereocenters. The molecule has 1 heterocycles. The van der Waals surface area contributed by atoms with Crippen LogP contribution in [0.3, 0.4) is 0 Å². The van der Waals surface area contributed by atoms with Gasteiger partial charge in [0.05, 0.1) is 6.61 Å². The fourth-order valence-electron chi connectivity index (χ4n) is 2.33. The fourth-order valence-corrected chi connectivity index (χ4v) is 2.33. The maximum Gasteiger partial charge on any atom is 0.233 e. The van der Waals surface area contributed by atoms with E-state index in [4.69, 9.17) is 4.74 Å². The Labute approximate surface area is 135 Å². The summed E-state index contributed by atoms with van der Waals surface area (Å²) in [4.78, 5) is 37.9. The van der Waals surface area contributed by atoms with Gasteiger partial charge in [-0.05, 0) is 31.2 Å². The SMILES string of the molecule is CCOc1ccc(NC(=O)CC(=O)N2CCN(C=O)CC2)cc1. The average molecular weight is 319 g/mol. The lowest BCUT2D eigenvalue weighted by atomic mass is 10.2. The summed E-state index contributed by atoms with van der Waals surface area (Å²) in [7, 11) is 0. The second kappa shape index (κ2) is 8.17. The number of anilines is 1. The van der Waals surface area contributed by atoms with E-state index in [9.17, 15) is 14.4 Å². The van der Waals surface area contributed by atoms with Gasteiger partial charge in [-0.3, -0.25) is 14.4 Å². The molecule has 1 N–H and O–H groups in total. The molecule has 0 atom stereocenters. The summed E-state index contributed by atoms with van der Waals surface area (Å²) in [6, 6.07) is 6.99. The van der Waals surface area contributed by atoms with Gasteiger partial charge in [0.2, 0.25) is 18.2 Å². The number of nitrogens with one attached hydrogen (secondary N) is 1. The third kappa shape index (κ3) is 4.98. The maximum atomic E-state index is 12.1. The van der Waals surface area contributed by atoms with Gasteiger partial charge in [0.25, 0.3) is 0 Å². The highest BCUT2D eigenvalue weighted by Gasteiger charge is 2.22. The molecule has 124 valence electrons. The first-order valence-electron chi connectivity index (χ1n) is 7.62. The van der Waals surface area contributed by atoms with E-state index in [1.165, 1.54) is 0 Å². The van der Waals surface area contributed by atoms with Crippen LogP contribution in [0.15, 0.2) is 24.3 Å². The molecule has 1 saturated heterocycles. The number of carbonyl (C=O) groups is 3. The Hall–Kier alpha value is -2.57. The first-order valence-corrected chi connectivity index (χ1v) is 7.62. The molecule has 0 bridgehead atoms. The predicted molar refractivity (Wildman–Crippen MR) is 85.1 cm³/mol. The Balaban J connectivity index is 1.80. The third-order valence-corrected chi connectivity index (χ3v) is 3.58. The van der Waals surface area contributed by atoms with Crippen molar-refractivity contribution < 1.29 is 19.1 Å². The summed E-state index contributed by atoms with van der Waals surface area (Å²) in [5.41, 5.74) is 0.622. The van der Waals surface area contributed by atoms with Gasteiger partial charge in [-0.25, -0.2) is 0 Å². The molecule has 0 saturated carbocycles. The van der Waals surface area contributed by atoms with Crippen molar-refractivity contribution in [2.75, 3.05) is 38.1 Å². The molecular weight excluding hydrogens is 298 g/mol. The van der Waals surface area contributed by atoms with Gasteiger partial charge < -0.3 is 19.9 Å². The number of benzene rings is 1. The Morgan fingerprint density at radius 2 is 1.83 bits per heavy atom. The van der Waals surface area contributed by atoms with Gasteiger partial charge in [-0.2, -0.15) is 0 Å². The van der Waals surface area contributed by atoms with Crippen molar-refractivity contribution in [3.8, 4) is 5.75 Å². The lowest BCUT2D eigenvalue weighted by Gasteiger charge is -2.32. The van der Waals surface area contributed by atoms with E-state index in [0.29, 0.717) is 38.5 Å². The van der Waals surface area contributed by atoms with Gasteiger partial charge in [0.15, 0.2) is 0 Å². The van der Waals surface area contributed by atoms with Crippen LogP contribution in [0.2, 0.25) is 0 Å². The zero-order valence-electron chi connectivity index (χ0n) is 13.2. The highest BCUT2D eigenvalue weighted by Crippen LogP contribution is 2.16. The van der Waals surface area contributed by atoms with Gasteiger partial charge in [0.1, 0.15) is 12.2 Å². The van der Waals surface area contributed by atoms with Crippen LogP contribution in [-0.4, -0.2) is 60.8 Å². The smallest absolute Gasteiger partial charge is 0.233 e. The van der Waals surface area contributed by atoms with Crippen molar-refractivity contribution in [3.05, 3.63) is 24.3 Å². The number of amides is 3. The van der Waals surface area contributed by atoms with E-state index in [-0.39, 0.29) is 18.2 Å². The molecule has 0 aliphatic carbocycles. The second-order valence-corrected chi connectivity index (χ2v) is 5.20. The van der Waals surface area contributed by atoms with Gasteiger partial charge in [-0.15, -0.1) is 0 Å². The minimum absolute atomic E-state index is 0.200. The predicted octanol–water partition coefficient (Wildman–Crippen LogP) is 0.714. The van der Waals surface area contributed by atoms with E-state index in [1.54, 1.807) is 34.1 Å². The Morgan fingerprint density at radius 3 is 2.39 bits per heavy atom. The van der Waals surface area contributed by atoms with Crippen LogP contribution in [0, 0.1) is 0 Å². The molecule has 0 radical (unpaired) electrons. The van der Waals surface area contributed by atoms with Crippen LogP contribution < -0.4 is 10.1 Å². The molecule has 3 amide bonds.